The van der Waals surface area contributed by atoms with Crippen LogP contribution in [0.25, 0.3) is 0 Å². The van der Waals surface area contributed by atoms with Crippen LogP contribution in [0.4, 0.5) is 4.79 Å². The molecule has 7 nitrogen and oxygen atoms in total. The van der Waals surface area contributed by atoms with Gasteiger partial charge in [-0.1, -0.05) is 17.7 Å². The highest BCUT2D eigenvalue weighted by atomic mass is 16.6. The second-order valence-corrected chi connectivity index (χ2v) is 7.77. The minimum absolute atomic E-state index is 0.189. The van der Waals surface area contributed by atoms with Crippen molar-refractivity contribution in [1.29, 1.82) is 0 Å². The number of carbonyl (C=O) groups excluding carboxylic acids is 1. The topological polar surface area (TPSA) is 71.5 Å². The summed E-state index contributed by atoms with van der Waals surface area (Å²) in [6.07, 6.45) is 1.50. The molecule has 1 aromatic carbocycles. The van der Waals surface area contributed by atoms with Crippen molar-refractivity contribution >= 4 is 6.09 Å². The molecule has 0 radical (unpaired) electrons. The number of aliphatic hydroxyl groups is 1. The van der Waals surface area contributed by atoms with Crippen LogP contribution in [-0.2, 0) is 9.47 Å². The van der Waals surface area contributed by atoms with E-state index in [-0.39, 0.29) is 19.3 Å². The first-order chi connectivity index (χ1) is 13.5. The van der Waals surface area contributed by atoms with E-state index in [1.54, 1.807) is 4.90 Å². The van der Waals surface area contributed by atoms with Crippen LogP contribution >= 0.6 is 0 Å². The van der Waals surface area contributed by atoms with E-state index in [9.17, 15) is 9.90 Å². The molecule has 2 aliphatic rings. The maximum absolute atomic E-state index is 11.9. The van der Waals surface area contributed by atoms with Crippen LogP contribution in [0, 0.1) is 6.92 Å². The van der Waals surface area contributed by atoms with Crippen LogP contribution in [0.15, 0.2) is 24.3 Å². The fourth-order valence-corrected chi connectivity index (χ4v) is 3.83. The average Bonchev–Trinajstić information content (AvgIpc) is 2.90. The Morgan fingerprint density at radius 1 is 1.25 bits per heavy atom. The molecular weight excluding hydrogens is 360 g/mol. The molecule has 7 heteroatoms. The first-order valence-corrected chi connectivity index (χ1v) is 10.1. The third-order valence-corrected chi connectivity index (χ3v) is 5.43. The van der Waals surface area contributed by atoms with Gasteiger partial charge in [-0.2, -0.15) is 0 Å². The maximum Gasteiger partial charge on any atom is 0.409 e. The zero-order valence-electron chi connectivity index (χ0n) is 16.9. The molecule has 2 fully saturated rings. The summed E-state index contributed by atoms with van der Waals surface area (Å²) in [5, 5.41) is 11.1. The molecule has 2 aliphatic heterocycles. The summed E-state index contributed by atoms with van der Waals surface area (Å²) in [6.45, 7) is 7.92. The molecule has 0 unspecified atom stereocenters. The Kier molecular flexibility index (Phi) is 7.15. The summed E-state index contributed by atoms with van der Waals surface area (Å²) < 4.78 is 16.6. The number of piperidine rings is 1. The predicted molar refractivity (Wildman–Crippen MR) is 106 cm³/mol. The van der Waals surface area contributed by atoms with E-state index in [4.69, 9.17) is 14.2 Å². The Morgan fingerprint density at radius 2 is 1.96 bits per heavy atom. The Labute approximate surface area is 167 Å². The summed E-state index contributed by atoms with van der Waals surface area (Å²) in [4.78, 5) is 15.9. The molecule has 2 saturated heterocycles. The predicted octanol–water partition coefficient (Wildman–Crippen LogP) is 2.06. The lowest BCUT2D eigenvalue weighted by Crippen LogP contribution is -2.54. The number of hydrogen-bond donors (Lipinski definition) is 1. The number of nitrogens with zero attached hydrogens (tertiary/aromatic N) is 2. The number of benzene rings is 1. The van der Waals surface area contributed by atoms with E-state index >= 15 is 0 Å². The van der Waals surface area contributed by atoms with Crippen LogP contribution in [0.5, 0.6) is 5.75 Å². The van der Waals surface area contributed by atoms with Gasteiger partial charge in [-0.05, 0) is 38.8 Å². The van der Waals surface area contributed by atoms with Gasteiger partial charge in [0.25, 0.3) is 0 Å². The molecule has 0 spiro atoms. The molecule has 1 N–H and O–H groups in total. The Balaban J connectivity index is 1.54. The van der Waals surface area contributed by atoms with E-state index in [0.717, 1.165) is 25.1 Å². The molecule has 2 heterocycles. The molecule has 156 valence electrons. The fraction of sp³-hybridized carbons (Fsp3) is 0.667. The average molecular weight is 392 g/mol. The van der Waals surface area contributed by atoms with Gasteiger partial charge in [0.05, 0.1) is 19.8 Å². The van der Waals surface area contributed by atoms with Crippen molar-refractivity contribution in [1.82, 2.24) is 9.80 Å². The fourth-order valence-electron chi connectivity index (χ4n) is 3.83. The minimum Gasteiger partial charge on any atom is -0.490 e. The van der Waals surface area contributed by atoms with Crippen molar-refractivity contribution in [2.24, 2.45) is 0 Å². The summed E-state index contributed by atoms with van der Waals surface area (Å²) in [5.74, 6) is 0.748. The zero-order valence-corrected chi connectivity index (χ0v) is 16.9. The monoisotopic (exact) mass is 392 g/mol. The highest BCUT2D eigenvalue weighted by molar-refractivity contribution is 5.67. The third kappa shape index (κ3) is 5.59. The lowest BCUT2D eigenvalue weighted by atomic mass is 10.00. The molecule has 0 bridgehead atoms. The number of amides is 1. The van der Waals surface area contributed by atoms with Crippen LogP contribution in [0.3, 0.4) is 0 Å². The highest BCUT2D eigenvalue weighted by Gasteiger charge is 2.37. The number of aryl methyl sites for hydroxylation is 1. The van der Waals surface area contributed by atoms with Crippen molar-refractivity contribution in [3.8, 4) is 5.75 Å². The molecule has 1 amide bonds. The minimum atomic E-state index is -1.06. The van der Waals surface area contributed by atoms with Gasteiger partial charge < -0.3 is 24.2 Å². The Morgan fingerprint density at radius 3 is 2.64 bits per heavy atom. The number of likely N-dealkylation sites (tertiary alicyclic amines) is 1. The molecule has 1 atom stereocenters. The lowest BCUT2D eigenvalue weighted by molar-refractivity contribution is -0.0688. The number of β-amino-alcohol motifs (C(OH)–C–C–N with tert-alkyl or cyclic N) is 1. The Hall–Kier alpha value is -1.83. The molecule has 0 saturated carbocycles. The van der Waals surface area contributed by atoms with Crippen molar-refractivity contribution in [3.05, 3.63) is 29.8 Å². The van der Waals surface area contributed by atoms with Gasteiger partial charge in [0, 0.05) is 32.2 Å². The van der Waals surface area contributed by atoms with Crippen LogP contribution in [0.1, 0.15) is 25.3 Å². The number of carbonyl (C=O) groups is 1. The maximum atomic E-state index is 11.9. The van der Waals surface area contributed by atoms with Gasteiger partial charge in [-0.3, -0.25) is 4.90 Å². The zero-order chi connectivity index (χ0) is 20.0. The van der Waals surface area contributed by atoms with Gasteiger partial charge >= 0.3 is 6.09 Å². The first kappa shape index (κ1) is 20.9. The lowest BCUT2D eigenvalue weighted by Gasteiger charge is -2.39. The number of ether oxygens (including phenoxy) is 3. The van der Waals surface area contributed by atoms with Gasteiger partial charge in [-0.15, -0.1) is 0 Å². The van der Waals surface area contributed by atoms with Crippen molar-refractivity contribution in [3.63, 3.8) is 0 Å². The molecular formula is C21H32N2O5. The molecule has 3 rings (SSSR count). The Bertz CT molecular complexity index is 630. The summed E-state index contributed by atoms with van der Waals surface area (Å²) in [5.41, 5.74) is 0.115. The van der Waals surface area contributed by atoms with Crippen molar-refractivity contribution < 1.29 is 24.1 Å². The molecule has 0 aliphatic carbocycles. The standard InChI is InChI=1S/C21H32N2O5/c1-3-27-20(24)22-10-8-18(9-11-22)23-12-13-26-15-21(25,14-23)16-28-19-6-4-17(2)5-7-19/h4-7,18,25H,3,8-16H2,1-2H3/t21-/m1/s1. The molecule has 0 aromatic heterocycles. The second kappa shape index (κ2) is 9.58. The normalized spacial score (nSPS) is 24.6. The van der Waals surface area contributed by atoms with Crippen LogP contribution < -0.4 is 4.74 Å². The number of hydrogen-bond acceptors (Lipinski definition) is 6. The number of rotatable bonds is 5. The van der Waals surface area contributed by atoms with Crippen LogP contribution in [-0.4, -0.2) is 85.2 Å². The van der Waals surface area contributed by atoms with Crippen molar-refractivity contribution in [2.75, 3.05) is 52.6 Å². The van der Waals surface area contributed by atoms with E-state index in [1.165, 1.54) is 5.56 Å². The first-order valence-electron chi connectivity index (χ1n) is 10.1. The molecule has 28 heavy (non-hydrogen) atoms. The largest absolute Gasteiger partial charge is 0.490 e. The summed E-state index contributed by atoms with van der Waals surface area (Å²) >= 11 is 0. The van der Waals surface area contributed by atoms with Gasteiger partial charge in [0.2, 0.25) is 0 Å². The van der Waals surface area contributed by atoms with Gasteiger partial charge in [0.15, 0.2) is 0 Å². The third-order valence-electron chi connectivity index (χ3n) is 5.43. The van der Waals surface area contributed by atoms with Gasteiger partial charge in [0.1, 0.15) is 18.0 Å². The van der Waals surface area contributed by atoms with Crippen molar-refractivity contribution in [2.45, 2.75) is 38.3 Å². The quantitative estimate of drug-likeness (QED) is 0.827. The summed E-state index contributed by atoms with van der Waals surface area (Å²) in [7, 11) is 0. The van der Waals surface area contributed by atoms with E-state index < -0.39 is 5.60 Å². The van der Waals surface area contributed by atoms with E-state index in [1.807, 2.05) is 38.1 Å². The van der Waals surface area contributed by atoms with Gasteiger partial charge in [-0.25, -0.2) is 4.79 Å². The highest BCUT2D eigenvalue weighted by Crippen LogP contribution is 2.23. The van der Waals surface area contributed by atoms with E-state index in [2.05, 4.69) is 4.90 Å². The SMILES string of the molecule is CCOC(=O)N1CCC(N2CCOC[C@@](O)(COc3ccc(C)cc3)C2)CC1. The van der Waals surface area contributed by atoms with Crippen LogP contribution in [0.2, 0.25) is 0 Å². The smallest absolute Gasteiger partial charge is 0.409 e. The van der Waals surface area contributed by atoms with E-state index in [0.29, 0.717) is 38.9 Å². The summed E-state index contributed by atoms with van der Waals surface area (Å²) in [6, 6.07) is 8.13. The molecule has 1 aromatic rings. The second-order valence-electron chi connectivity index (χ2n) is 7.77.